The van der Waals surface area contributed by atoms with Crippen LogP contribution in [-0.4, -0.2) is 24.9 Å². The van der Waals surface area contributed by atoms with Crippen molar-refractivity contribution in [1.29, 1.82) is 0 Å². The fourth-order valence-corrected chi connectivity index (χ4v) is 1.17. The van der Waals surface area contributed by atoms with E-state index in [0.29, 0.717) is 12.8 Å². The molecule has 0 aliphatic carbocycles. The summed E-state index contributed by atoms with van der Waals surface area (Å²) in [4.78, 5) is 10.6. The molecule has 0 radical (unpaired) electrons. The van der Waals surface area contributed by atoms with E-state index in [4.69, 9.17) is 0 Å². The molecular weight excluding hydrogens is 151 g/mol. The van der Waals surface area contributed by atoms with E-state index >= 15 is 0 Å². The van der Waals surface area contributed by atoms with Crippen LogP contribution in [0.5, 0.6) is 0 Å². The molecule has 0 saturated heterocycles. The lowest BCUT2D eigenvalue weighted by Crippen LogP contribution is -2.06. The fourth-order valence-electron chi connectivity index (χ4n) is 0.498. The summed E-state index contributed by atoms with van der Waals surface area (Å²) in [5.41, 5.74) is 0. The maximum atomic E-state index is 10.8. The van der Waals surface area contributed by atoms with Crippen molar-refractivity contribution >= 4 is 13.8 Å². The Bertz CT molecular complexity index is 133. The molecule has 1 atom stereocenters. The molecule has 0 aromatic rings. The van der Waals surface area contributed by atoms with Crippen LogP contribution in [0.3, 0.4) is 0 Å². The summed E-state index contributed by atoms with van der Waals surface area (Å²) in [6.45, 7) is 3.92. The molecule has 0 amide bonds. The lowest BCUT2D eigenvalue weighted by Gasteiger charge is -1.98. The average molecular weight is 164 g/mol. The van der Waals surface area contributed by atoms with Gasteiger partial charge in [0.25, 0.3) is 0 Å². The van der Waals surface area contributed by atoms with Crippen LogP contribution < -0.4 is 0 Å². The van der Waals surface area contributed by atoms with Crippen molar-refractivity contribution in [2.75, 3.05) is 18.9 Å². The third-order valence-corrected chi connectivity index (χ3v) is 2.51. The highest BCUT2D eigenvalue weighted by Gasteiger charge is 2.05. The summed E-state index contributed by atoms with van der Waals surface area (Å²) >= 11 is 0. The smallest absolute Gasteiger partial charge is 0.312 e. The molecule has 3 nitrogen and oxygen atoms in total. The van der Waals surface area contributed by atoms with Crippen molar-refractivity contribution in [3.63, 3.8) is 0 Å². The molecule has 0 aromatic carbocycles. The van der Waals surface area contributed by atoms with Crippen LogP contribution in [0.4, 0.5) is 0 Å². The standard InChI is InChI=1S/C6H13O3P/c1-3-9-6(7)5-10(8)4-2/h10H,3-5H2,1-2H3. The Labute approximate surface area is 61.5 Å². The molecular formula is C6H13O3P. The van der Waals surface area contributed by atoms with Gasteiger partial charge in [-0.1, -0.05) is 6.92 Å². The Morgan fingerprint density at radius 2 is 2.10 bits per heavy atom. The van der Waals surface area contributed by atoms with Gasteiger partial charge in [-0.2, -0.15) is 0 Å². The molecule has 0 saturated carbocycles. The molecule has 0 rings (SSSR count). The quantitative estimate of drug-likeness (QED) is 0.462. The van der Waals surface area contributed by atoms with Gasteiger partial charge in [-0.3, -0.25) is 4.79 Å². The lowest BCUT2D eigenvalue weighted by molar-refractivity contribution is -0.139. The summed E-state index contributed by atoms with van der Waals surface area (Å²) in [5.74, 6) is -0.340. The van der Waals surface area contributed by atoms with Crippen molar-refractivity contribution in [1.82, 2.24) is 0 Å². The van der Waals surface area contributed by atoms with E-state index in [1.165, 1.54) is 0 Å². The second-order valence-corrected chi connectivity index (χ2v) is 4.01. The van der Waals surface area contributed by atoms with E-state index in [2.05, 4.69) is 4.74 Å². The van der Waals surface area contributed by atoms with Crippen LogP contribution in [0.25, 0.3) is 0 Å². The maximum absolute atomic E-state index is 10.8. The highest BCUT2D eigenvalue weighted by molar-refractivity contribution is 7.45. The van der Waals surface area contributed by atoms with Gasteiger partial charge in [0.2, 0.25) is 0 Å². The largest absolute Gasteiger partial charge is 0.466 e. The van der Waals surface area contributed by atoms with Gasteiger partial charge in [0.1, 0.15) is 0 Å². The molecule has 0 aliphatic rings. The van der Waals surface area contributed by atoms with Crippen molar-refractivity contribution in [3.8, 4) is 0 Å². The number of ether oxygens (including phenoxy) is 1. The molecule has 0 fully saturated rings. The molecule has 0 spiro atoms. The Kier molecular flexibility index (Phi) is 5.32. The van der Waals surface area contributed by atoms with Crippen molar-refractivity contribution < 1.29 is 14.1 Å². The van der Waals surface area contributed by atoms with E-state index in [1.54, 1.807) is 13.8 Å². The van der Waals surface area contributed by atoms with Crippen LogP contribution in [0.1, 0.15) is 13.8 Å². The molecule has 10 heavy (non-hydrogen) atoms. The van der Waals surface area contributed by atoms with E-state index in [9.17, 15) is 9.36 Å². The zero-order valence-electron chi connectivity index (χ0n) is 6.35. The summed E-state index contributed by atoms with van der Waals surface area (Å²) in [6.07, 6.45) is 0.693. The second kappa shape index (κ2) is 5.48. The van der Waals surface area contributed by atoms with E-state index in [0.717, 1.165) is 0 Å². The predicted octanol–water partition coefficient (Wildman–Crippen LogP) is 1.13. The SMILES string of the molecule is CCOC(=O)C[PH](=O)CC. The monoisotopic (exact) mass is 164 g/mol. The molecule has 0 aliphatic heterocycles. The van der Waals surface area contributed by atoms with Crippen LogP contribution in [0, 0.1) is 0 Å². The first-order valence-electron chi connectivity index (χ1n) is 3.38. The lowest BCUT2D eigenvalue weighted by atomic mass is 10.8. The highest BCUT2D eigenvalue weighted by atomic mass is 31.1. The van der Waals surface area contributed by atoms with E-state index in [-0.39, 0.29) is 12.1 Å². The first-order chi connectivity index (χ1) is 4.70. The molecule has 0 bridgehead atoms. The van der Waals surface area contributed by atoms with Crippen LogP contribution in [0.15, 0.2) is 0 Å². The first kappa shape index (κ1) is 9.70. The van der Waals surface area contributed by atoms with Gasteiger partial charge in [-0.25, -0.2) is 0 Å². The van der Waals surface area contributed by atoms with Crippen molar-refractivity contribution in [2.24, 2.45) is 0 Å². The molecule has 4 heteroatoms. The normalized spacial score (nSPS) is 12.6. The molecule has 0 N–H and O–H groups in total. The minimum atomic E-state index is -1.67. The Morgan fingerprint density at radius 1 is 1.50 bits per heavy atom. The van der Waals surface area contributed by atoms with Gasteiger partial charge in [0.15, 0.2) is 0 Å². The van der Waals surface area contributed by atoms with Gasteiger partial charge in [-0.05, 0) is 13.1 Å². The van der Waals surface area contributed by atoms with E-state index < -0.39 is 7.80 Å². The summed E-state index contributed by atoms with van der Waals surface area (Å²) in [7, 11) is -1.67. The Hall–Kier alpha value is -0.300. The molecule has 60 valence electrons. The average Bonchev–Trinajstić information content (AvgIpc) is 1.88. The zero-order valence-corrected chi connectivity index (χ0v) is 7.35. The van der Waals surface area contributed by atoms with Gasteiger partial charge < -0.3 is 9.30 Å². The third-order valence-electron chi connectivity index (χ3n) is 1.04. The zero-order chi connectivity index (χ0) is 7.98. The van der Waals surface area contributed by atoms with Gasteiger partial charge >= 0.3 is 5.97 Å². The van der Waals surface area contributed by atoms with Crippen LogP contribution >= 0.6 is 7.80 Å². The molecule has 0 heterocycles. The fraction of sp³-hybridized carbons (Fsp3) is 0.833. The number of esters is 1. The third kappa shape index (κ3) is 4.57. The van der Waals surface area contributed by atoms with Crippen molar-refractivity contribution in [2.45, 2.75) is 13.8 Å². The van der Waals surface area contributed by atoms with Crippen LogP contribution in [-0.2, 0) is 14.1 Å². The first-order valence-corrected chi connectivity index (χ1v) is 5.20. The van der Waals surface area contributed by atoms with E-state index in [1.807, 2.05) is 0 Å². The minimum absolute atomic E-state index is 0.106. The predicted molar refractivity (Wildman–Crippen MR) is 41.0 cm³/mol. The summed E-state index contributed by atoms with van der Waals surface area (Å²) in [6, 6.07) is 0. The minimum Gasteiger partial charge on any atom is -0.466 e. The second-order valence-electron chi connectivity index (χ2n) is 1.87. The number of rotatable bonds is 4. The number of hydrogen-bond acceptors (Lipinski definition) is 3. The summed E-state index contributed by atoms with van der Waals surface area (Å²) in [5, 5.41) is 0. The van der Waals surface area contributed by atoms with Gasteiger partial charge in [-0.15, -0.1) is 0 Å². The maximum Gasteiger partial charge on any atom is 0.312 e. The van der Waals surface area contributed by atoms with Crippen LogP contribution in [0.2, 0.25) is 0 Å². The van der Waals surface area contributed by atoms with Gasteiger partial charge in [0.05, 0.1) is 20.6 Å². The number of hydrogen-bond donors (Lipinski definition) is 0. The topological polar surface area (TPSA) is 43.4 Å². The molecule has 1 unspecified atom stereocenters. The van der Waals surface area contributed by atoms with Crippen molar-refractivity contribution in [3.05, 3.63) is 0 Å². The Morgan fingerprint density at radius 3 is 2.50 bits per heavy atom. The Balaban J connectivity index is 3.47. The number of carbonyl (C=O) groups is 1. The molecule has 0 aromatic heterocycles. The summed E-state index contributed by atoms with van der Waals surface area (Å²) < 4.78 is 15.4. The highest BCUT2D eigenvalue weighted by Crippen LogP contribution is 2.18. The number of carbonyl (C=O) groups excluding carboxylic acids is 1. The van der Waals surface area contributed by atoms with Gasteiger partial charge in [0, 0.05) is 0 Å².